The lowest BCUT2D eigenvalue weighted by atomic mass is 9.86. The van der Waals surface area contributed by atoms with E-state index in [0.29, 0.717) is 0 Å². The van der Waals surface area contributed by atoms with Crippen molar-refractivity contribution in [2.45, 2.75) is 63.4 Å². The number of hydrogen-bond donors (Lipinski definition) is 1. The fourth-order valence-corrected chi connectivity index (χ4v) is 2.89. The van der Waals surface area contributed by atoms with Crippen molar-refractivity contribution in [2.75, 3.05) is 0 Å². The van der Waals surface area contributed by atoms with Crippen LogP contribution in [0.4, 0.5) is 0 Å². The molecule has 1 fully saturated rings. The van der Waals surface area contributed by atoms with Crippen molar-refractivity contribution >= 4 is 0 Å². The molecule has 0 unspecified atom stereocenters. The SMILES string of the molecule is OC1CCCCC(c2ccccc2)CCCC1. The van der Waals surface area contributed by atoms with Crippen LogP contribution in [0.25, 0.3) is 0 Å². The van der Waals surface area contributed by atoms with Crippen molar-refractivity contribution in [3.05, 3.63) is 35.9 Å². The van der Waals surface area contributed by atoms with Crippen molar-refractivity contribution in [2.24, 2.45) is 0 Å². The zero-order valence-electron chi connectivity index (χ0n) is 10.6. The predicted molar refractivity (Wildman–Crippen MR) is 72.1 cm³/mol. The molecule has 1 aromatic rings. The van der Waals surface area contributed by atoms with E-state index in [1.807, 2.05) is 0 Å². The van der Waals surface area contributed by atoms with Crippen molar-refractivity contribution in [1.29, 1.82) is 0 Å². The van der Waals surface area contributed by atoms with Crippen LogP contribution in [0.2, 0.25) is 0 Å². The fraction of sp³-hybridized carbons (Fsp3) is 0.625. The Kier molecular flexibility index (Phi) is 5.06. The molecule has 17 heavy (non-hydrogen) atoms. The molecule has 2 rings (SSSR count). The number of aliphatic hydroxyl groups is 1. The Hall–Kier alpha value is -0.820. The summed E-state index contributed by atoms with van der Waals surface area (Å²) < 4.78 is 0. The summed E-state index contributed by atoms with van der Waals surface area (Å²) in [6.07, 6.45) is 9.43. The van der Waals surface area contributed by atoms with Crippen LogP contribution in [-0.2, 0) is 0 Å². The standard InChI is InChI=1S/C16H24O/c17-16-12-6-4-10-15(11-5-7-13-16)14-8-2-1-3-9-14/h1-3,8-9,15-17H,4-7,10-13H2. The number of aliphatic hydroxyl groups excluding tert-OH is 1. The van der Waals surface area contributed by atoms with Gasteiger partial charge >= 0.3 is 0 Å². The Morgan fingerprint density at radius 3 is 1.88 bits per heavy atom. The highest BCUT2D eigenvalue weighted by atomic mass is 16.3. The first-order valence-corrected chi connectivity index (χ1v) is 7.09. The summed E-state index contributed by atoms with van der Waals surface area (Å²) in [5.74, 6) is 0.742. The zero-order valence-corrected chi connectivity index (χ0v) is 10.6. The molecule has 0 heterocycles. The second-order valence-corrected chi connectivity index (χ2v) is 5.33. The maximum atomic E-state index is 9.71. The van der Waals surface area contributed by atoms with Gasteiger partial charge in [0.05, 0.1) is 6.10 Å². The Labute approximate surface area is 105 Å². The van der Waals surface area contributed by atoms with E-state index in [9.17, 15) is 5.11 Å². The first-order valence-electron chi connectivity index (χ1n) is 7.09. The van der Waals surface area contributed by atoms with E-state index in [1.54, 1.807) is 0 Å². The molecular formula is C16H24O. The van der Waals surface area contributed by atoms with E-state index in [-0.39, 0.29) is 6.10 Å². The minimum absolute atomic E-state index is 0.0386. The first kappa shape index (κ1) is 12.6. The van der Waals surface area contributed by atoms with Crippen molar-refractivity contribution in [1.82, 2.24) is 0 Å². The molecule has 0 bridgehead atoms. The largest absolute Gasteiger partial charge is 0.393 e. The van der Waals surface area contributed by atoms with E-state index >= 15 is 0 Å². The smallest absolute Gasteiger partial charge is 0.0540 e. The van der Waals surface area contributed by atoms with Gasteiger partial charge < -0.3 is 5.11 Å². The van der Waals surface area contributed by atoms with Crippen LogP contribution in [0.5, 0.6) is 0 Å². The highest BCUT2D eigenvalue weighted by Gasteiger charge is 2.14. The molecule has 0 spiro atoms. The van der Waals surface area contributed by atoms with Gasteiger partial charge in [-0.25, -0.2) is 0 Å². The van der Waals surface area contributed by atoms with E-state index in [4.69, 9.17) is 0 Å². The lowest BCUT2D eigenvalue weighted by molar-refractivity contribution is 0.144. The summed E-state index contributed by atoms with van der Waals surface area (Å²) in [5.41, 5.74) is 1.51. The van der Waals surface area contributed by atoms with E-state index < -0.39 is 0 Å². The monoisotopic (exact) mass is 232 g/mol. The van der Waals surface area contributed by atoms with Gasteiger partial charge in [-0.3, -0.25) is 0 Å². The molecule has 1 aromatic carbocycles. The number of hydrogen-bond acceptors (Lipinski definition) is 1. The zero-order chi connectivity index (χ0) is 11.9. The van der Waals surface area contributed by atoms with Gasteiger partial charge in [-0.2, -0.15) is 0 Å². The van der Waals surface area contributed by atoms with Crippen molar-refractivity contribution < 1.29 is 5.11 Å². The van der Waals surface area contributed by atoms with Gasteiger partial charge in [0, 0.05) is 0 Å². The van der Waals surface area contributed by atoms with E-state index in [2.05, 4.69) is 30.3 Å². The van der Waals surface area contributed by atoms with E-state index in [1.165, 1.54) is 44.1 Å². The van der Waals surface area contributed by atoms with Gasteiger partial charge in [-0.1, -0.05) is 56.0 Å². The quantitative estimate of drug-likeness (QED) is 0.767. The molecule has 0 amide bonds. The summed E-state index contributed by atoms with van der Waals surface area (Å²) in [6.45, 7) is 0. The summed E-state index contributed by atoms with van der Waals surface area (Å²) >= 11 is 0. The highest BCUT2D eigenvalue weighted by molar-refractivity contribution is 5.19. The third-order valence-electron chi connectivity index (χ3n) is 3.95. The van der Waals surface area contributed by atoms with Crippen LogP contribution in [0, 0.1) is 0 Å². The van der Waals surface area contributed by atoms with Crippen LogP contribution in [0.3, 0.4) is 0 Å². The fourth-order valence-electron chi connectivity index (χ4n) is 2.89. The molecule has 1 aliphatic rings. The Morgan fingerprint density at radius 1 is 0.765 bits per heavy atom. The molecule has 0 aromatic heterocycles. The molecule has 94 valence electrons. The lowest BCUT2D eigenvalue weighted by Crippen LogP contribution is -2.09. The number of rotatable bonds is 1. The Balaban J connectivity index is 1.93. The average Bonchev–Trinajstić information content (AvgIpc) is 2.38. The third-order valence-corrected chi connectivity index (χ3v) is 3.95. The number of benzene rings is 1. The van der Waals surface area contributed by atoms with Gasteiger partial charge in [0.15, 0.2) is 0 Å². The van der Waals surface area contributed by atoms with Crippen LogP contribution < -0.4 is 0 Å². The minimum Gasteiger partial charge on any atom is -0.393 e. The van der Waals surface area contributed by atoms with Gasteiger partial charge in [0.25, 0.3) is 0 Å². The lowest BCUT2D eigenvalue weighted by Gasteiger charge is -2.20. The summed E-state index contributed by atoms with van der Waals surface area (Å²) in [4.78, 5) is 0. The molecular weight excluding hydrogens is 208 g/mol. The second kappa shape index (κ2) is 6.80. The normalized spacial score (nSPS) is 27.6. The van der Waals surface area contributed by atoms with Gasteiger partial charge in [-0.05, 0) is 37.2 Å². The second-order valence-electron chi connectivity index (χ2n) is 5.33. The van der Waals surface area contributed by atoms with Crippen LogP contribution in [0.15, 0.2) is 30.3 Å². The molecule has 0 radical (unpaired) electrons. The third kappa shape index (κ3) is 4.16. The average molecular weight is 232 g/mol. The highest BCUT2D eigenvalue weighted by Crippen LogP contribution is 2.29. The molecule has 1 heteroatoms. The minimum atomic E-state index is -0.0386. The van der Waals surface area contributed by atoms with Crippen LogP contribution in [0.1, 0.15) is 62.8 Å². The molecule has 0 saturated heterocycles. The van der Waals surface area contributed by atoms with E-state index in [0.717, 1.165) is 18.8 Å². The van der Waals surface area contributed by atoms with Gasteiger partial charge in [0.1, 0.15) is 0 Å². The Morgan fingerprint density at radius 2 is 1.29 bits per heavy atom. The van der Waals surface area contributed by atoms with Crippen molar-refractivity contribution in [3.63, 3.8) is 0 Å². The maximum Gasteiger partial charge on any atom is 0.0540 e. The molecule has 1 N–H and O–H groups in total. The molecule has 0 atom stereocenters. The maximum absolute atomic E-state index is 9.71. The Bertz CT molecular complexity index is 295. The molecule has 0 aliphatic heterocycles. The molecule has 1 nitrogen and oxygen atoms in total. The van der Waals surface area contributed by atoms with Crippen molar-refractivity contribution in [3.8, 4) is 0 Å². The van der Waals surface area contributed by atoms with Gasteiger partial charge in [-0.15, -0.1) is 0 Å². The summed E-state index contributed by atoms with van der Waals surface area (Å²) in [7, 11) is 0. The first-order chi connectivity index (χ1) is 8.36. The van der Waals surface area contributed by atoms with Crippen LogP contribution in [-0.4, -0.2) is 11.2 Å². The molecule has 1 aliphatic carbocycles. The van der Waals surface area contributed by atoms with Crippen LogP contribution >= 0.6 is 0 Å². The summed E-state index contributed by atoms with van der Waals surface area (Å²) in [6, 6.07) is 10.9. The summed E-state index contributed by atoms with van der Waals surface area (Å²) in [5, 5.41) is 9.71. The topological polar surface area (TPSA) is 20.2 Å². The predicted octanol–water partition coefficient (Wildman–Crippen LogP) is 4.27. The molecule has 1 saturated carbocycles. The van der Waals surface area contributed by atoms with Gasteiger partial charge in [0.2, 0.25) is 0 Å².